The standard InChI is InChI=1S/C47H46F2N10O5/c1-28-4-9-33(23-36(28)54-47-51-16-12-35(53-47)32-3-2-15-50-25-32)52-43(61)31-7-5-29(6-8-31)26-56-17-13-30(14-18-56)27-57-19-21-58(22-20-57)38-24-34-40(42(49)41(38)48)46(64)59(45(34)63)37-10-11-39(60)55-44(37)62/h2-9,12,15-16,23-25,30,37H,10-11,13-14,17-22,26-27H2,1H3,(H,52,61)(H,51,53,54)(H,55,60,62)/i19D2,20D2,21D2,22D2. The van der Waals surface area contributed by atoms with Crippen LogP contribution in [0.4, 0.5) is 31.8 Å². The lowest BCUT2D eigenvalue weighted by molar-refractivity contribution is -0.136. The number of likely N-dealkylation sites (tertiary alicyclic amines) is 1. The Morgan fingerprint density at radius 2 is 1.67 bits per heavy atom. The van der Waals surface area contributed by atoms with Gasteiger partial charge >= 0.3 is 0 Å². The Hall–Kier alpha value is -6.98. The number of fused-ring (bicyclic) bond motifs is 1. The summed E-state index contributed by atoms with van der Waals surface area (Å²) in [5.41, 5.74) is 1.56. The molecule has 0 aliphatic carbocycles. The van der Waals surface area contributed by atoms with E-state index in [0.717, 1.165) is 16.7 Å². The zero-order valence-electron chi connectivity index (χ0n) is 42.3. The molecule has 328 valence electrons. The van der Waals surface area contributed by atoms with Crippen LogP contribution >= 0.6 is 0 Å². The van der Waals surface area contributed by atoms with E-state index < -0.39 is 96.6 Å². The fourth-order valence-electron chi connectivity index (χ4n) is 8.05. The van der Waals surface area contributed by atoms with E-state index in [-0.39, 0.29) is 23.6 Å². The zero-order valence-corrected chi connectivity index (χ0v) is 34.3. The minimum Gasteiger partial charge on any atom is -0.366 e. The molecule has 3 saturated heterocycles. The van der Waals surface area contributed by atoms with E-state index in [9.17, 15) is 24.0 Å². The van der Waals surface area contributed by atoms with Gasteiger partial charge in [-0.1, -0.05) is 18.2 Å². The van der Waals surface area contributed by atoms with Crippen LogP contribution < -0.4 is 20.9 Å². The molecule has 9 rings (SSSR count). The molecule has 1 unspecified atom stereocenters. The van der Waals surface area contributed by atoms with Gasteiger partial charge in [-0.15, -0.1) is 0 Å². The molecule has 17 heteroatoms. The van der Waals surface area contributed by atoms with E-state index >= 15 is 8.78 Å². The second-order valence-electron chi connectivity index (χ2n) is 15.8. The normalized spacial score (nSPS) is 23.6. The summed E-state index contributed by atoms with van der Waals surface area (Å²) in [5.74, 6) is -9.00. The van der Waals surface area contributed by atoms with Gasteiger partial charge in [0.1, 0.15) is 6.04 Å². The van der Waals surface area contributed by atoms with Gasteiger partial charge in [0.15, 0.2) is 11.6 Å². The minimum absolute atomic E-state index is 0.211. The number of aromatic nitrogens is 3. The fraction of sp³-hybridized carbons (Fsp3) is 0.319. The van der Waals surface area contributed by atoms with E-state index in [1.807, 2.05) is 42.6 Å². The number of pyridine rings is 1. The topological polar surface area (TPSA) is 173 Å². The second-order valence-corrected chi connectivity index (χ2v) is 15.8. The van der Waals surface area contributed by atoms with Crippen molar-refractivity contribution >= 4 is 52.5 Å². The molecule has 2 aromatic heterocycles. The summed E-state index contributed by atoms with van der Waals surface area (Å²) in [6.45, 7) is -11.3. The molecule has 0 radical (unpaired) electrons. The number of carbonyl (C=O) groups is 5. The van der Waals surface area contributed by atoms with Gasteiger partial charge in [0.05, 0.1) is 28.0 Å². The number of amides is 5. The Kier molecular flexibility index (Phi) is 9.45. The van der Waals surface area contributed by atoms with Crippen molar-refractivity contribution in [2.45, 2.75) is 45.2 Å². The predicted octanol–water partition coefficient (Wildman–Crippen LogP) is 5.56. The third-order valence-electron chi connectivity index (χ3n) is 11.6. The van der Waals surface area contributed by atoms with Crippen LogP contribution in [0, 0.1) is 24.5 Å². The van der Waals surface area contributed by atoms with E-state index in [4.69, 9.17) is 11.0 Å². The van der Waals surface area contributed by atoms with Crippen LogP contribution in [0.2, 0.25) is 0 Å². The van der Waals surface area contributed by atoms with Crippen LogP contribution in [-0.2, 0) is 16.1 Å². The molecule has 5 amide bonds. The van der Waals surface area contributed by atoms with Crippen molar-refractivity contribution in [3.05, 3.63) is 125 Å². The first-order valence-corrected chi connectivity index (χ1v) is 20.6. The summed E-state index contributed by atoms with van der Waals surface area (Å²) < 4.78 is 104. The number of benzene rings is 3. The second kappa shape index (κ2) is 18.0. The number of anilines is 4. The maximum Gasteiger partial charge on any atom is 0.265 e. The smallest absolute Gasteiger partial charge is 0.265 e. The van der Waals surface area contributed by atoms with Gasteiger partial charge in [0.25, 0.3) is 17.7 Å². The van der Waals surface area contributed by atoms with Gasteiger partial charge in [-0.2, -0.15) is 0 Å². The fourth-order valence-corrected chi connectivity index (χ4v) is 8.05. The van der Waals surface area contributed by atoms with Crippen LogP contribution in [0.25, 0.3) is 11.3 Å². The first kappa shape index (κ1) is 33.6. The van der Waals surface area contributed by atoms with Crippen LogP contribution in [-0.4, -0.2) is 111 Å². The molecule has 4 aliphatic rings. The summed E-state index contributed by atoms with van der Waals surface area (Å²) >= 11 is 0. The van der Waals surface area contributed by atoms with Crippen LogP contribution in [0.15, 0.2) is 85.3 Å². The number of nitrogens with zero attached hydrogens (tertiary/aromatic N) is 7. The maximum atomic E-state index is 16.1. The minimum atomic E-state index is -3.65. The van der Waals surface area contributed by atoms with Crippen molar-refractivity contribution in [2.75, 3.05) is 61.2 Å². The SMILES string of the molecule is [2H]C1([2H])N(CC2CCN(Cc3ccc(C(=O)Nc4ccc(C)c(Nc5nccc(-c6cccnc6)n5)c4)cc3)CC2)C([2H])([2H])C([2H])([2H])N(c2cc3c(c(F)c2F)C(=O)N(C2CCC(=O)NC2=O)C3=O)C1([2H])[2H]. The van der Waals surface area contributed by atoms with Crippen LogP contribution in [0.3, 0.4) is 0 Å². The predicted molar refractivity (Wildman–Crippen MR) is 234 cm³/mol. The number of nitrogens with one attached hydrogen (secondary N) is 3. The first-order chi connectivity index (χ1) is 34.0. The highest BCUT2D eigenvalue weighted by Crippen LogP contribution is 2.36. The third kappa shape index (κ3) is 8.81. The summed E-state index contributed by atoms with van der Waals surface area (Å²) in [6, 6.07) is 16.8. The molecular formula is C47H46F2N10O5. The Balaban J connectivity index is 0.830. The number of halogens is 2. The van der Waals surface area contributed by atoms with Crippen LogP contribution in [0.5, 0.6) is 0 Å². The molecule has 4 aliphatic heterocycles. The lowest BCUT2D eigenvalue weighted by Crippen LogP contribution is -2.54. The molecule has 3 aromatic carbocycles. The highest BCUT2D eigenvalue weighted by molar-refractivity contribution is 6.24. The van der Waals surface area contributed by atoms with Crippen molar-refractivity contribution in [1.82, 2.24) is 35.0 Å². The van der Waals surface area contributed by atoms with E-state index in [1.54, 1.807) is 48.9 Å². The van der Waals surface area contributed by atoms with Crippen molar-refractivity contribution in [1.29, 1.82) is 0 Å². The average Bonchev–Trinajstić information content (AvgIpc) is 3.58. The van der Waals surface area contributed by atoms with Gasteiger partial charge in [-0.25, -0.2) is 18.7 Å². The van der Waals surface area contributed by atoms with Crippen molar-refractivity contribution in [3.63, 3.8) is 0 Å². The van der Waals surface area contributed by atoms with Crippen molar-refractivity contribution < 1.29 is 43.7 Å². The molecule has 6 heterocycles. The molecule has 0 spiro atoms. The van der Waals surface area contributed by atoms with Gasteiger partial charge in [0.2, 0.25) is 17.8 Å². The molecule has 64 heavy (non-hydrogen) atoms. The highest BCUT2D eigenvalue weighted by Gasteiger charge is 2.47. The molecule has 0 saturated carbocycles. The Bertz CT molecular complexity index is 2990. The van der Waals surface area contributed by atoms with E-state index in [0.29, 0.717) is 76.9 Å². The molecule has 5 aromatic rings. The van der Waals surface area contributed by atoms with Crippen molar-refractivity contribution in [3.8, 4) is 11.3 Å². The molecule has 1 atom stereocenters. The van der Waals surface area contributed by atoms with Gasteiger partial charge in [-0.05, 0) is 105 Å². The number of aryl methyl sites for hydroxylation is 1. The number of piperazine rings is 1. The summed E-state index contributed by atoms with van der Waals surface area (Å²) in [7, 11) is 0. The quantitative estimate of drug-likeness (QED) is 0.141. The molecule has 3 fully saturated rings. The number of hydrogen-bond acceptors (Lipinski definition) is 12. The van der Waals surface area contributed by atoms with E-state index in [1.165, 1.54) is 0 Å². The Morgan fingerprint density at radius 1 is 0.891 bits per heavy atom. The first-order valence-electron chi connectivity index (χ1n) is 24.6. The lowest BCUT2D eigenvalue weighted by atomic mass is 9.95. The summed E-state index contributed by atoms with van der Waals surface area (Å²) in [4.78, 5) is 80.2. The van der Waals surface area contributed by atoms with Gasteiger partial charge in [-0.3, -0.25) is 49.0 Å². The number of rotatable bonds is 11. The maximum absolute atomic E-state index is 16.1. The number of piperidine rings is 2. The van der Waals surface area contributed by atoms with Gasteiger partial charge in [0, 0.05) is 92.1 Å². The van der Waals surface area contributed by atoms with E-state index in [2.05, 4.69) is 30.5 Å². The lowest BCUT2D eigenvalue weighted by Gasteiger charge is -2.39. The van der Waals surface area contributed by atoms with Crippen molar-refractivity contribution in [2.24, 2.45) is 5.92 Å². The molecule has 0 bridgehead atoms. The number of imide groups is 2. The highest BCUT2D eigenvalue weighted by atomic mass is 19.2. The average molecular weight is 877 g/mol. The molecule has 15 nitrogen and oxygen atoms in total. The molecular weight excluding hydrogens is 823 g/mol. The summed E-state index contributed by atoms with van der Waals surface area (Å²) in [5, 5.41) is 8.12. The third-order valence-corrected chi connectivity index (χ3v) is 11.6. The van der Waals surface area contributed by atoms with Gasteiger partial charge < -0.3 is 15.5 Å². The monoisotopic (exact) mass is 876 g/mol. The van der Waals surface area contributed by atoms with Crippen LogP contribution in [0.1, 0.15) is 78.9 Å². The summed E-state index contributed by atoms with van der Waals surface area (Å²) in [6.07, 6.45) is 5.17. The Morgan fingerprint density at radius 3 is 2.41 bits per heavy atom. The Labute approximate surface area is 379 Å². The number of carbonyl (C=O) groups excluding carboxylic acids is 5. The number of hydrogen-bond donors (Lipinski definition) is 3. The molecule has 3 N–H and O–H groups in total. The largest absolute Gasteiger partial charge is 0.366 e. The zero-order chi connectivity index (χ0) is 51.7.